The number of ether oxygens (including phenoxy) is 1. The Hall–Kier alpha value is -1.24. The van der Waals surface area contributed by atoms with Crippen LogP contribution in [0.3, 0.4) is 0 Å². The van der Waals surface area contributed by atoms with Gasteiger partial charge in [0.2, 0.25) is 0 Å². The first-order valence-corrected chi connectivity index (χ1v) is 13.0. The fourth-order valence-corrected chi connectivity index (χ4v) is 5.94. The molecule has 0 saturated heterocycles. The average Bonchev–Trinajstić information content (AvgIpc) is 2.79. The highest BCUT2D eigenvalue weighted by Gasteiger charge is 2.31. The van der Waals surface area contributed by atoms with E-state index < -0.39 is 0 Å². The molecule has 2 saturated carbocycles. The summed E-state index contributed by atoms with van der Waals surface area (Å²) in [5.74, 6) is 5.46. The van der Waals surface area contributed by atoms with Crippen LogP contribution in [0.5, 0.6) is 5.75 Å². The van der Waals surface area contributed by atoms with E-state index in [9.17, 15) is 0 Å². The van der Waals surface area contributed by atoms with E-state index in [1.807, 2.05) is 6.08 Å². The first-order valence-electron chi connectivity index (χ1n) is 13.0. The van der Waals surface area contributed by atoms with Gasteiger partial charge in [0, 0.05) is 0 Å². The maximum atomic E-state index is 6.16. The SMILES string of the molecule is C=CCc1cc(C2CCC(C3CCC(CCC)CC3)CC2)ccc1OC[C@@H](C)CC. The summed E-state index contributed by atoms with van der Waals surface area (Å²) < 4.78 is 6.16. The minimum atomic E-state index is 0.605. The van der Waals surface area contributed by atoms with E-state index in [0.717, 1.165) is 42.4 Å². The van der Waals surface area contributed by atoms with Gasteiger partial charge in [0.05, 0.1) is 6.61 Å². The molecule has 168 valence electrons. The zero-order chi connectivity index (χ0) is 21.3. The molecule has 1 nitrogen and oxygen atoms in total. The Balaban J connectivity index is 1.54. The second-order valence-electron chi connectivity index (χ2n) is 10.4. The normalized spacial score (nSPS) is 28.1. The molecule has 0 aromatic heterocycles. The van der Waals surface area contributed by atoms with Crippen molar-refractivity contribution in [1.29, 1.82) is 0 Å². The van der Waals surface area contributed by atoms with Gasteiger partial charge in [-0.25, -0.2) is 0 Å². The van der Waals surface area contributed by atoms with E-state index in [1.165, 1.54) is 81.8 Å². The Kier molecular flexibility index (Phi) is 9.34. The van der Waals surface area contributed by atoms with Gasteiger partial charge in [0.1, 0.15) is 5.75 Å². The molecule has 30 heavy (non-hydrogen) atoms. The van der Waals surface area contributed by atoms with Crippen LogP contribution in [-0.4, -0.2) is 6.61 Å². The van der Waals surface area contributed by atoms with Crippen molar-refractivity contribution in [3.05, 3.63) is 42.0 Å². The van der Waals surface area contributed by atoms with Crippen LogP contribution in [0, 0.1) is 23.7 Å². The van der Waals surface area contributed by atoms with Crippen LogP contribution in [-0.2, 0) is 6.42 Å². The van der Waals surface area contributed by atoms with Crippen LogP contribution in [0.25, 0.3) is 0 Å². The van der Waals surface area contributed by atoms with Gasteiger partial charge in [-0.2, -0.15) is 0 Å². The van der Waals surface area contributed by atoms with Gasteiger partial charge in [-0.3, -0.25) is 0 Å². The summed E-state index contributed by atoms with van der Waals surface area (Å²) in [6, 6.07) is 7.01. The second-order valence-corrected chi connectivity index (χ2v) is 10.4. The molecule has 2 aliphatic carbocycles. The first-order chi connectivity index (χ1) is 14.6. The van der Waals surface area contributed by atoms with Crippen molar-refractivity contribution in [2.24, 2.45) is 23.7 Å². The molecule has 0 N–H and O–H groups in total. The highest BCUT2D eigenvalue weighted by Crippen LogP contribution is 2.45. The van der Waals surface area contributed by atoms with Crippen molar-refractivity contribution in [1.82, 2.24) is 0 Å². The maximum absolute atomic E-state index is 6.16. The van der Waals surface area contributed by atoms with E-state index in [1.54, 1.807) is 0 Å². The van der Waals surface area contributed by atoms with Crippen molar-refractivity contribution < 1.29 is 4.74 Å². The van der Waals surface area contributed by atoms with Crippen molar-refractivity contribution in [2.45, 2.75) is 104 Å². The molecule has 2 aliphatic rings. The molecule has 1 atom stereocenters. The number of hydrogen-bond donors (Lipinski definition) is 0. The molecule has 1 aromatic rings. The summed E-state index contributed by atoms with van der Waals surface area (Å²) >= 11 is 0. The van der Waals surface area contributed by atoms with Gasteiger partial charge in [-0.05, 0) is 91.7 Å². The minimum absolute atomic E-state index is 0.605. The molecule has 0 unspecified atom stereocenters. The van der Waals surface area contributed by atoms with Crippen LogP contribution >= 0.6 is 0 Å². The molecule has 0 spiro atoms. The Morgan fingerprint density at radius 3 is 2.27 bits per heavy atom. The maximum Gasteiger partial charge on any atom is 0.122 e. The molecule has 0 radical (unpaired) electrons. The summed E-state index contributed by atoms with van der Waals surface area (Å²) in [6.45, 7) is 11.6. The Morgan fingerprint density at radius 1 is 1.00 bits per heavy atom. The fraction of sp³-hybridized carbons (Fsp3) is 0.724. The summed E-state index contributed by atoms with van der Waals surface area (Å²) in [5, 5.41) is 0. The predicted molar refractivity (Wildman–Crippen MR) is 130 cm³/mol. The lowest BCUT2D eigenvalue weighted by molar-refractivity contribution is 0.156. The summed E-state index contributed by atoms with van der Waals surface area (Å²) in [4.78, 5) is 0. The van der Waals surface area contributed by atoms with E-state index >= 15 is 0 Å². The van der Waals surface area contributed by atoms with Crippen LogP contribution in [0.2, 0.25) is 0 Å². The smallest absolute Gasteiger partial charge is 0.122 e. The Labute approximate surface area is 186 Å². The number of rotatable bonds is 10. The van der Waals surface area contributed by atoms with Crippen molar-refractivity contribution in [2.75, 3.05) is 6.61 Å². The molecule has 0 bridgehead atoms. The van der Waals surface area contributed by atoms with E-state index in [2.05, 4.69) is 45.5 Å². The van der Waals surface area contributed by atoms with Crippen LogP contribution in [0.15, 0.2) is 30.9 Å². The van der Waals surface area contributed by atoms with E-state index in [0.29, 0.717) is 5.92 Å². The molecule has 1 aromatic carbocycles. The van der Waals surface area contributed by atoms with Gasteiger partial charge in [0.25, 0.3) is 0 Å². The lowest BCUT2D eigenvalue weighted by Crippen LogP contribution is -2.25. The third kappa shape index (κ3) is 6.38. The second kappa shape index (κ2) is 12.0. The molecule has 3 rings (SSSR count). The molecule has 0 heterocycles. The van der Waals surface area contributed by atoms with Crippen LogP contribution in [0.1, 0.15) is 108 Å². The van der Waals surface area contributed by atoms with Crippen LogP contribution < -0.4 is 4.74 Å². The van der Waals surface area contributed by atoms with E-state index in [-0.39, 0.29) is 0 Å². The van der Waals surface area contributed by atoms with Crippen molar-refractivity contribution in [3.63, 3.8) is 0 Å². The topological polar surface area (TPSA) is 9.23 Å². The zero-order valence-corrected chi connectivity index (χ0v) is 20.0. The van der Waals surface area contributed by atoms with Gasteiger partial charge in [-0.15, -0.1) is 6.58 Å². The Bertz CT molecular complexity index is 632. The quantitative estimate of drug-likeness (QED) is 0.350. The molecule has 1 heteroatoms. The van der Waals surface area contributed by atoms with E-state index in [4.69, 9.17) is 4.74 Å². The van der Waals surface area contributed by atoms with Gasteiger partial charge < -0.3 is 4.74 Å². The lowest BCUT2D eigenvalue weighted by Gasteiger charge is -2.38. The predicted octanol–water partition coefficient (Wildman–Crippen LogP) is 8.72. The molecule has 0 amide bonds. The monoisotopic (exact) mass is 410 g/mol. The van der Waals surface area contributed by atoms with Gasteiger partial charge in [0.15, 0.2) is 0 Å². The minimum Gasteiger partial charge on any atom is -0.493 e. The van der Waals surface area contributed by atoms with Crippen LogP contribution in [0.4, 0.5) is 0 Å². The standard InChI is InChI=1S/C29H46O/c1-5-8-23-10-12-24(13-11-23)25-14-16-26(17-15-25)27-18-19-29(28(20-27)9-6-2)30-21-22(4)7-3/h6,18-20,22-26H,2,5,7-17,21H2,1,3-4H3/t22-,23?,24?,25?,26?/m0/s1. The molecule has 2 fully saturated rings. The summed E-state index contributed by atoms with van der Waals surface area (Å²) in [6.07, 6.45) is 18.6. The third-order valence-electron chi connectivity index (χ3n) is 8.17. The lowest BCUT2D eigenvalue weighted by atomic mass is 9.68. The highest BCUT2D eigenvalue weighted by atomic mass is 16.5. The molecular formula is C29H46O. The highest BCUT2D eigenvalue weighted by molar-refractivity contribution is 5.40. The summed E-state index contributed by atoms with van der Waals surface area (Å²) in [7, 11) is 0. The van der Waals surface area contributed by atoms with Crippen molar-refractivity contribution >= 4 is 0 Å². The number of allylic oxidation sites excluding steroid dienone is 1. The van der Waals surface area contributed by atoms with Crippen molar-refractivity contribution in [3.8, 4) is 5.75 Å². The fourth-order valence-electron chi connectivity index (χ4n) is 5.94. The molecule has 0 aliphatic heterocycles. The largest absolute Gasteiger partial charge is 0.493 e. The summed E-state index contributed by atoms with van der Waals surface area (Å²) in [5.41, 5.74) is 2.86. The van der Waals surface area contributed by atoms with Gasteiger partial charge in [-0.1, -0.05) is 71.1 Å². The first kappa shape index (κ1) is 23.4. The number of benzene rings is 1. The Morgan fingerprint density at radius 2 is 1.67 bits per heavy atom. The molecular weight excluding hydrogens is 364 g/mol. The third-order valence-corrected chi connectivity index (χ3v) is 8.17. The zero-order valence-electron chi connectivity index (χ0n) is 20.0. The number of hydrogen-bond acceptors (Lipinski definition) is 1. The van der Waals surface area contributed by atoms with Gasteiger partial charge >= 0.3 is 0 Å². The average molecular weight is 411 g/mol.